The fourth-order valence-corrected chi connectivity index (χ4v) is 4.46. The van der Waals surface area contributed by atoms with Crippen LogP contribution < -0.4 is 4.90 Å². The molecule has 2 aliphatic rings. The van der Waals surface area contributed by atoms with Crippen molar-refractivity contribution in [3.8, 4) is 17.5 Å². The van der Waals surface area contributed by atoms with E-state index in [-0.39, 0.29) is 17.9 Å². The number of aryl methyl sites for hydroxylation is 1. The Labute approximate surface area is 193 Å². The number of hydrogen-bond acceptors (Lipinski definition) is 6. The van der Waals surface area contributed by atoms with Crippen molar-refractivity contribution in [2.45, 2.75) is 32.2 Å². The normalized spacial score (nSPS) is 18.3. The first-order valence-corrected chi connectivity index (χ1v) is 11.4. The molecule has 8 heteroatoms. The van der Waals surface area contributed by atoms with Crippen LogP contribution in [0.3, 0.4) is 0 Å². The van der Waals surface area contributed by atoms with Crippen LogP contribution in [0.15, 0.2) is 42.7 Å². The lowest BCUT2D eigenvalue weighted by atomic mass is 10.0. The maximum absolute atomic E-state index is 12.7. The molecule has 1 atom stereocenters. The fourth-order valence-electron chi connectivity index (χ4n) is 4.46. The Morgan fingerprint density at radius 2 is 1.97 bits per heavy atom. The first-order valence-electron chi connectivity index (χ1n) is 11.4. The Balaban J connectivity index is 1.52. The summed E-state index contributed by atoms with van der Waals surface area (Å²) in [5.74, 6) is 1.68. The van der Waals surface area contributed by atoms with E-state index in [9.17, 15) is 10.1 Å². The molecule has 1 amide bonds. The van der Waals surface area contributed by atoms with E-state index in [0.29, 0.717) is 49.0 Å². The summed E-state index contributed by atoms with van der Waals surface area (Å²) in [6.07, 6.45) is 6.18. The molecule has 5 rings (SSSR count). The van der Waals surface area contributed by atoms with Gasteiger partial charge in [0.1, 0.15) is 11.6 Å². The summed E-state index contributed by atoms with van der Waals surface area (Å²) in [6, 6.07) is 12.5. The van der Waals surface area contributed by atoms with E-state index in [1.54, 1.807) is 10.9 Å². The molecule has 33 heavy (non-hydrogen) atoms. The monoisotopic (exact) mass is 441 g/mol. The molecule has 1 aliphatic heterocycles. The predicted molar refractivity (Wildman–Crippen MR) is 124 cm³/mol. The molecule has 1 aliphatic carbocycles. The highest BCUT2D eigenvalue weighted by Crippen LogP contribution is 2.33. The average molecular weight is 442 g/mol. The zero-order chi connectivity index (χ0) is 22.9. The summed E-state index contributed by atoms with van der Waals surface area (Å²) in [6.45, 7) is 4.00. The van der Waals surface area contributed by atoms with Gasteiger partial charge in [-0.15, -0.1) is 0 Å². The Hall–Kier alpha value is -3.73. The van der Waals surface area contributed by atoms with Crippen molar-refractivity contribution in [2.24, 2.45) is 13.0 Å². The van der Waals surface area contributed by atoms with E-state index in [0.717, 1.165) is 24.0 Å². The van der Waals surface area contributed by atoms with Crippen molar-refractivity contribution in [3.63, 3.8) is 0 Å². The van der Waals surface area contributed by atoms with Gasteiger partial charge in [-0.2, -0.15) is 10.4 Å². The number of carbonyl (C=O) groups is 1. The number of carbonyl (C=O) groups excluding carboxylic acids is 1. The summed E-state index contributed by atoms with van der Waals surface area (Å²) in [5.41, 5.74) is 3.11. The Morgan fingerprint density at radius 1 is 1.18 bits per heavy atom. The van der Waals surface area contributed by atoms with Gasteiger partial charge in [-0.3, -0.25) is 9.48 Å². The minimum absolute atomic E-state index is 0.0628. The Kier molecular flexibility index (Phi) is 5.55. The molecule has 3 aromatic rings. The molecule has 8 nitrogen and oxygen atoms in total. The standard InChI is InChI=1S/C25H27N7O/c1-17-15-31(10-11-32(17)25(33)19-8-9-19)24-21(13-26)22(12-18-6-4-3-5-7-18)28-23(29-24)20-14-27-30(2)16-20/h3-7,14,16-17,19H,8-12,15H2,1-2H3/t17-/m1/s1. The third kappa shape index (κ3) is 4.31. The molecule has 3 heterocycles. The van der Waals surface area contributed by atoms with Crippen molar-refractivity contribution in [1.29, 1.82) is 5.26 Å². The first-order chi connectivity index (χ1) is 16.0. The number of piperazine rings is 1. The first kappa shape index (κ1) is 21.1. The number of amides is 1. The molecule has 0 unspecified atom stereocenters. The van der Waals surface area contributed by atoms with Crippen molar-refractivity contribution < 1.29 is 4.79 Å². The SMILES string of the molecule is C[C@@H]1CN(c2nc(-c3cnn(C)c3)nc(Cc3ccccc3)c2C#N)CCN1C(=O)C1CC1. The van der Waals surface area contributed by atoms with Crippen LogP contribution in [0.25, 0.3) is 11.4 Å². The number of anilines is 1. The summed E-state index contributed by atoms with van der Waals surface area (Å²) >= 11 is 0. The minimum Gasteiger partial charge on any atom is -0.352 e. The van der Waals surface area contributed by atoms with E-state index in [2.05, 4.69) is 23.0 Å². The molecule has 0 spiro atoms. The van der Waals surface area contributed by atoms with Crippen molar-refractivity contribution in [1.82, 2.24) is 24.6 Å². The van der Waals surface area contributed by atoms with E-state index in [1.807, 2.05) is 48.5 Å². The topological polar surface area (TPSA) is 90.9 Å². The van der Waals surface area contributed by atoms with Gasteiger partial charge in [0.25, 0.3) is 0 Å². The van der Waals surface area contributed by atoms with Crippen molar-refractivity contribution in [2.75, 3.05) is 24.5 Å². The lowest BCUT2D eigenvalue weighted by molar-refractivity contribution is -0.134. The molecule has 0 radical (unpaired) electrons. The summed E-state index contributed by atoms with van der Waals surface area (Å²) in [7, 11) is 1.86. The van der Waals surface area contributed by atoms with Gasteiger partial charge < -0.3 is 9.80 Å². The number of rotatable bonds is 5. The van der Waals surface area contributed by atoms with Crippen LogP contribution in [0.5, 0.6) is 0 Å². The summed E-state index contributed by atoms with van der Waals surface area (Å²) in [4.78, 5) is 26.4. The van der Waals surface area contributed by atoms with Crippen LogP contribution in [-0.4, -0.2) is 56.2 Å². The van der Waals surface area contributed by atoms with Crippen LogP contribution in [0, 0.1) is 17.2 Å². The third-order valence-corrected chi connectivity index (χ3v) is 6.39. The largest absolute Gasteiger partial charge is 0.352 e. The minimum atomic E-state index is 0.0628. The predicted octanol–water partition coefficient (Wildman–Crippen LogP) is 2.79. The summed E-state index contributed by atoms with van der Waals surface area (Å²) in [5, 5.41) is 14.4. The summed E-state index contributed by atoms with van der Waals surface area (Å²) < 4.78 is 1.72. The van der Waals surface area contributed by atoms with Crippen molar-refractivity contribution in [3.05, 3.63) is 59.5 Å². The highest BCUT2D eigenvalue weighted by molar-refractivity contribution is 5.81. The van der Waals surface area contributed by atoms with Gasteiger partial charge in [0.2, 0.25) is 5.91 Å². The zero-order valence-electron chi connectivity index (χ0n) is 19.0. The van der Waals surface area contributed by atoms with E-state index < -0.39 is 0 Å². The van der Waals surface area contributed by atoms with Crippen LogP contribution in [-0.2, 0) is 18.3 Å². The van der Waals surface area contributed by atoms with E-state index in [1.165, 1.54) is 0 Å². The van der Waals surface area contributed by atoms with Gasteiger partial charge >= 0.3 is 0 Å². The van der Waals surface area contributed by atoms with Gasteiger partial charge in [-0.1, -0.05) is 30.3 Å². The molecule has 2 fully saturated rings. The van der Waals surface area contributed by atoms with Crippen LogP contribution in [0.1, 0.15) is 36.6 Å². The third-order valence-electron chi connectivity index (χ3n) is 6.39. The van der Waals surface area contributed by atoms with Crippen LogP contribution in [0.4, 0.5) is 5.82 Å². The zero-order valence-corrected chi connectivity index (χ0v) is 19.0. The smallest absolute Gasteiger partial charge is 0.226 e. The highest BCUT2D eigenvalue weighted by atomic mass is 16.2. The quantitative estimate of drug-likeness (QED) is 0.605. The number of nitrogens with zero attached hydrogens (tertiary/aromatic N) is 7. The van der Waals surface area contributed by atoms with E-state index in [4.69, 9.17) is 9.97 Å². The molecule has 168 valence electrons. The maximum Gasteiger partial charge on any atom is 0.226 e. The molecular weight excluding hydrogens is 414 g/mol. The van der Waals surface area contributed by atoms with Gasteiger partial charge in [0, 0.05) is 51.3 Å². The lowest BCUT2D eigenvalue weighted by Crippen LogP contribution is -2.55. The number of benzene rings is 1. The number of hydrogen-bond donors (Lipinski definition) is 0. The molecule has 1 saturated heterocycles. The maximum atomic E-state index is 12.7. The second-order valence-electron chi connectivity index (χ2n) is 8.97. The number of aromatic nitrogens is 4. The van der Waals surface area contributed by atoms with Gasteiger partial charge in [-0.25, -0.2) is 9.97 Å². The second kappa shape index (κ2) is 8.66. The average Bonchev–Trinajstić information content (AvgIpc) is 3.59. The van der Waals surface area contributed by atoms with Crippen molar-refractivity contribution >= 4 is 11.7 Å². The second-order valence-corrected chi connectivity index (χ2v) is 8.97. The molecule has 0 bridgehead atoms. The van der Waals surface area contributed by atoms with Crippen LogP contribution in [0.2, 0.25) is 0 Å². The molecular formula is C25H27N7O. The van der Waals surface area contributed by atoms with E-state index >= 15 is 0 Å². The molecule has 2 aromatic heterocycles. The van der Waals surface area contributed by atoms with Crippen LogP contribution >= 0.6 is 0 Å². The lowest BCUT2D eigenvalue weighted by Gasteiger charge is -2.41. The Morgan fingerprint density at radius 3 is 2.61 bits per heavy atom. The Bertz CT molecular complexity index is 1210. The van der Waals surface area contributed by atoms with Gasteiger partial charge in [0.05, 0.1) is 17.5 Å². The highest BCUT2D eigenvalue weighted by Gasteiger charge is 2.38. The molecule has 1 saturated carbocycles. The fraction of sp³-hybridized carbons (Fsp3) is 0.400. The number of nitriles is 1. The molecule has 0 N–H and O–H groups in total. The van der Waals surface area contributed by atoms with Gasteiger partial charge in [0.15, 0.2) is 11.6 Å². The van der Waals surface area contributed by atoms with Gasteiger partial charge in [-0.05, 0) is 25.3 Å². The molecule has 1 aromatic carbocycles.